The number of ether oxygens (including phenoxy) is 1. The van der Waals surface area contributed by atoms with Crippen LogP contribution in [0.15, 0.2) is 24.3 Å². The van der Waals surface area contributed by atoms with E-state index in [0.717, 1.165) is 44.3 Å². The Morgan fingerprint density at radius 1 is 1.32 bits per heavy atom. The molecule has 25 heavy (non-hydrogen) atoms. The van der Waals surface area contributed by atoms with E-state index in [4.69, 9.17) is 4.74 Å². The van der Waals surface area contributed by atoms with Gasteiger partial charge in [0.05, 0.1) is 11.6 Å². The predicted octanol–water partition coefficient (Wildman–Crippen LogP) is 5.09. The third-order valence-corrected chi connectivity index (χ3v) is 4.84. The van der Waals surface area contributed by atoms with Gasteiger partial charge in [0.25, 0.3) is 0 Å². The van der Waals surface area contributed by atoms with Gasteiger partial charge < -0.3 is 9.64 Å². The van der Waals surface area contributed by atoms with Crippen LogP contribution in [0, 0.1) is 17.2 Å². The zero-order valence-corrected chi connectivity index (χ0v) is 15.9. The first-order valence-electron chi connectivity index (χ1n) is 9.32. The number of benzene rings is 1. The number of nitriles is 1. The highest BCUT2D eigenvalue weighted by atomic mass is 16.6. The van der Waals surface area contributed by atoms with Crippen LogP contribution in [-0.2, 0) is 4.74 Å². The monoisotopic (exact) mass is 342 g/mol. The van der Waals surface area contributed by atoms with Crippen LogP contribution in [0.4, 0.5) is 4.79 Å². The number of likely N-dealkylation sites (tertiary alicyclic amines) is 1. The maximum atomic E-state index is 12.2. The molecule has 1 aliphatic heterocycles. The molecule has 136 valence electrons. The van der Waals surface area contributed by atoms with Gasteiger partial charge in [-0.3, -0.25) is 0 Å². The fourth-order valence-corrected chi connectivity index (χ4v) is 3.69. The van der Waals surface area contributed by atoms with Crippen molar-refractivity contribution in [1.82, 2.24) is 4.90 Å². The second-order valence-electron chi connectivity index (χ2n) is 7.90. The van der Waals surface area contributed by atoms with Crippen LogP contribution in [0.5, 0.6) is 0 Å². The maximum absolute atomic E-state index is 12.2. The summed E-state index contributed by atoms with van der Waals surface area (Å²) >= 11 is 0. The molecular weight excluding hydrogens is 312 g/mol. The predicted molar refractivity (Wildman–Crippen MR) is 99.3 cm³/mol. The quantitative estimate of drug-likeness (QED) is 0.766. The summed E-state index contributed by atoms with van der Waals surface area (Å²) in [7, 11) is 0. The number of piperidine rings is 1. The van der Waals surface area contributed by atoms with Crippen LogP contribution in [0.2, 0.25) is 0 Å². The topological polar surface area (TPSA) is 53.3 Å². The van der Waals surface area contributed by atoms with Gasteiger partial charge in [-0.1, -0.05) is 31.5 Å². The molecule has 0 spiro atoms. The van der Waals surface area contributed by atoms with E-state index < -0.39 is 5.60 Å². The van der Waals surface area contributed by atoms with Crippen molar-refractivity contribution in [3.8, 4) is 6.07 Å². The first kappa shape index (κ1) is 19.3. The van der Waals surface area contributed by atoms with Crippen molar-refractivity contribution < 1.29 is 9.53 Å². The summed E-state index contributed by atoms with van der Waals surface area (Å²) in [6.07, 6.45) is 3.88. The van der Waals surface area contributed by atoms with Gasteiger partial charge in [-0.2, -0.15) is 5.26 Å². The fraction of sp³-hybridized carbons (Fsp3) is 0.619. The Labute approximate surface area is 151 Å². The zero-order valence-electron chi connectivity index (χ0n) is 15.9. The van der Waals surface area contributed by atoms with Crippen molar-refractivity contribution in [3.63, 3.8) is 0 Å². The molecule has 1 fully saturated rings. The summed E-state index contributed by atoms with van der Waals surface area (Å²) < 4.78 is 5.49. The molecule has 0 aromatic heterocycles. The van der Waals surface area contributed by atoms with Crippen molar-refractivity contribution >= 4 is 6.09 Å². The molecule has 0 saturated carbocycles. The van der Waals surface area contributed by atoms with E-state index in [1.165, 1.54) is 5.56 Å². The maximum Gasteiger partial charge on any atom is 0.410 e. The highest BCUT2D eigenvalue weighted by Crippen LogP contribution is 2.37. The third kappa shape index (κ3) is 5.22. The van der Waals surface area contributed by atoms with E-state index in [1.807, 2.05) is 43.9 Å². The van der Waals surface area contributed by atoms with Crippen molar-refractivity contribution in [2.45, 2.75) is 64.9 Å². The molecule has 0 radical (unpaired) electrons. The Morgan fingerprint density at radius 3 is 2.52 bits per heavy atom. The summed E-state index contributed by atoms with van der Waals surface area (Å²) in [6, 6.07) is 10.3. The molecular formula is C21H30N2O2. The van der Waals surface area contributed by atoms with Crippen LogP contribution in [0.1, 0.15) is 70.4 Å². The number of rotatable bonds is 4. The van der Waals surface area contributed by atoms with Gasteiger partial charge in [-0.25, -0.2) is 4.79 Å². The van der Waals surface area contributed by atoms with E-state index in [1.54, 1.807) is 0 Å². The third-order valence-electron chi connectivity index (χ3n) is 4.84. The Kier molecular flexibility index (Phi) is 6.47. The van der Waals surface area contributed by atoms with Crippen LogP contribution in [0.25, 0.3) is 0 Å². The van der Waals surface area contributed by atoms with Crippen LogP contribution >= 0.6 is 0 Å². The standard InChI is InChI=1S/C21H30N2O2/c1-5-8-18(19-10-7-6-9-17(19)15-22)16-11-13-23(14-12-16)20(24)25-21(2,3)4/h6-7,9-10,16,18H,5,8,11-14H2,1-4H3. The second-order valence-corrected chi connectivity index (χ2v) is 7.90. The Morgan fingerprint density at radius 2 is 1.96 bits per heavy atom. The molecule has 1 aromatic rings. The molecule has 0 N–H and O–H groups in total. The normalized spacial score (nSPS) is 17.0. The largest absolute Gasteiger partial charge is 0.444 e. The van der Waals surface area contributed by atoms with Gasteiger partial charge in [0.1, 0.15) is 5.60 Å². The fourth-order valence-electron chi connectivity index (χ4n) is 3.69. The summed E-state index contributed by atoms with van der Waals surface area (Å²) in [5.74, 6) is 0.898. The van der Waals surface area contributed by atoms with E-state index in [9.17, 15) is 10.1 Å². The molecule has 4 nitrogen and oxygen atoms in total. The molecule has 1 aliphatic rings. The lowest BCUT2D eigenvalue weighted by Gasteiger charge is -2.37. The lowest BCUT2D eigenvalue weighted by atomic mass is 9.76. The van der Waals surface area contributed by atoms with Gasteiger partial charge >= 0.3 is 6.09 Å². The lowest BCUT2D eigenvalue weighted by molar-refractivity contribution is 0.0172. The van der Waals surface area contributed by atoms with Crippen molar-refractivity contribution in [1.29, 1.82) is 5.26 Å². The summed E-state index contributed by atoms with van der Waals surface area (Å²) in [4.78, 5) is 14.1. The van der Waals surface area contributed by atoms with E-state index in [2.05, 4.69) is 19.1 Å². The summed E-state index contributed by atoms with van der Waals surface area (Å²) in [6.45, 7) is 9.34. The van der Waals surface area contributed by atoms with Gasteiger partial charge in [0, 0.05) is 13.1 Å². The van der Waals surface area contributed by atoms with Crippen LogP contribution in [0.3, 0.4) is 0 Å². The second kappa shape index (κ2) is 8.38. The summed E-state index contributed by atoms with van der Waals surface area (Å²) in [5, 5.41) is 9.44. The van der Waals surface area contributed by atoms with Crippen molar-refractivity contribution in [2.24, 2.45) is 5.92 Å². The first-order chi connectivity index (χ1) is 11.9. The molecule has 1 unspecified atom stereocenters. The number of amides is 1. The van der Waals surface area contributed by atoms with Gasteiger partial charge in [0.15, 0.2) is 0 Å². The molecule has 0 aliphatic carbocycles. The molecule has 0 bridgehead atoms. The van der Waals surface area contributed by atoms with Gasteiger partial charge in [-0.15, -0.1) is 0 Å². The molecule has 1 atom stereocenters. The first-order valence-corrected chi connectivity index (χ1v) is 9.32. The van der Waals surface area contributed by atoms with E-state index in [-0.39, 0.29) is 6.09 Å². The van der Waals surface area contributed by atoms with E-state index in [0.29, 0.717) is 11.8 Å². The minimum absolute atomic E-state index is 0.213. The molecule has 1 amide bonds. The number of hydrogen-bond donors (Lipinski definition) is 0. The van der Waals surface area contributed by atoms with Crippen molar-refractivity contribution in [2.75, 3.05) is 13.1 Å². The van der Waals surface area contributed by atoms with Crippen LogP contribution in [-0.4, -0.2) is 29.7 Å². The number of nitrogens with zero attached hydrogens (tertiary/aromatic N) is 2. The highest BCUT2D eigenvalue weighted by molar-refractivity contribution is 5.68. The molecule has 1 saturated heterocycles. The number of carbonyl (C=O) groups is 1. The average molecular weight is 342 g/mol. The van der Waals surface area contributed by atoms with E-state index >= 15 is 0 Å². The number of carbonyl (C=O) groups excluding carboxylic acids is 1. The average Bonchev–Trinajstić information content (AvgIpc) is 2.58. The Balaban J connectivity index is 2.06. The SMILES string of the molecule is CCCC(c1ccccc1C#N)C1CCN(C(=O)OC(C)(C)C)CC1. The minimum Gasteiger partial charge on any atom is -0.444 e. The lowest BCUT2D eigenvalue weighted by Crippen LogP contribution is -2.42. The molecule has 4 heteroatoms. The number of hydrogen-bond acceptors (Lipinski definition) is 3. The van der Waals surface area contributed by atoms with Crippen molar-refractivity contribution in [3.05, 3.63) is 35.4 Å². The van der Waals surface area contributed by atoms with Crippen LogP contribution < -0.4 is 0 Å². The Hall–Kier alpha value is -2.02. The minimum atomic E-state index is -0.454. The molecule has 1 aromatic carbocycles. The Bertz CT molecular complexity index is 620. The summed E-state index contributed by atoms with van der Waals surface area (Å²) in [5.41, 5.74) is 1.50. The molecule has 2 rings (SSSR count). The van der Waals surface area contributed by atoms with Gasteiger partial charge in [-0.05, 0) is 63.5 Å². The smallest absolute Gasteiger partial charge is 0.410 e. The zero-order chi connectivity index (χ0) is 18.4. The van der Waals surface area contributed by atoms with Gasteiger partial charge in [0.2, 0.25) is 0 Å². The molecule has 1 heterocycles. The highest BCUT2D eigenvalue weighted by Gasteiger charge is 2.31.